The topological polar surface area (TPSA) is 99.1 Å². The monoisotopic (exact) mass is 857 g/mol. The standard InChI is InChI=1S/C53H93NO7/c1-6-8-10-12-14-16-18-20-22-23-24-25-26-27-28-30-32-34-36-38-40-42-44-52(56)61-49(47-59-46-45-50(53(57)58)54(3,4)5)48-60-51(55)43-41-39-37-35-33-31-29-21-19-17-15-13-11-9-7-2/h9,11,13,15,17,19,23-24,26-27,49-50H,6-8,10,12,14,16,18,20-22,25,28-48H2,1-5H3/p+1/b11-9+,15-13+,19-17+,24-23+,27-26+. The molecule has 0 aliphatic carbocycles. The Morgan fingerprint density at radius 1 is 0.525 bits per heavy atom. The minimum absolute atomic E-state index is 0.0521. The van der Waals surface area contributed by atoms with Crippen LogP contribution in [-0.4, -0.2) is 80.6 Å². The van der Waals surface area contributed by atoms with Gasteiger partial charge in [-0.2, -0.15) is 0 Å². The molecule has 0 rings (SSSR count). The molecule has 1 N–H and O–H groups in total. The SMILES string of the molecule is CC/C=C/C=C/C=C/CCCCCCCCCC(=O)OCC(COCCC(C(=O)O)[N+](C)(C)C)OC(=O)CCCCCCCCC/C=C/C/C=C/CCCCCCCCCC. The molecule has 0 aromatic heterocycles. The number of nitrogens with zero attached hydrogens (tertiary/aromatic N) is 1. The lowest BCUT2D eigenvalue weighted by Crippen LogP contribution is -2.50. The molecule has 0 aromatic rings. The number of unbranched alkanes of at least 4 members (excludes halogenated alkanes) is 22. The molecule has 0 amide bonds. The van der Waals surface area contributed by atoms with Crippen LogP contribution in [0.4, 0.5) is 0 Å². The molecule has 2 unspecified atom stereocenters. The number of carbonyl (C=O) groups is 3. The molecule has 2 atom stereocenters. The van der Waals surface area contributed by atoms with Crippen molar-refractivity contribution in [2.45, 2.75) is 219 Å². The highest BCUT2D eigenvalue weighted by atomic mass is 16.6. The van der Waals surface area contributed by atoms with Gasteiger partial charge in [-0.05, 0) is 64.2 Å². The summed E-state index contributed by atoms with van der Waals surface area (Å²) in [5.74, 6) is -1.49. The van der Waals surface area contributed by atoms with Crippen molar-refractivity contribution in [2.75, 3.05) is 41.0 Å². The molecule has 0 saturated heterocycles. The number of aliphatic carboxylic acids is 1. The summed E-state index contributed by atoms with van der Waals surface area (Å²) in [6.45, 7) is 4.59. The minimum atomic E-state index is -0.879. The zero-order valence-corrected chi connectivity index (χ0v) is 40.1. The Kier molecular flexibility index (Phi) is 41.5. The third-order valence-electron chi connectivity index (χ3n) is 11.0. The first-order valence-corrected chi connectivity index (χ1v) is 24.9. The smallest absolute Gasteiger partial charge is 0.362 e. The molecule has 0 spiro atoms. The lowest BCUT2D eigenvalue weighted by molar-refractivity contribution is -0.887. The van der Waals surface area contributed by atoms with Crippen molar-refractivity contribution in [1.29, 1.82) is 0 Å². The molecular weight excluding hydrogens is 763 g/mol. The first-order valence-electron chi connectivity index (χ1n) is 24.9. The summed E-state index contributed by atoms with van der Waals surface area (Å²) >= 11 is 0. The van der Waals surface area contributed by atoms with Crippen molar-refractivity contribution >= 4 is 17.9 Å². The number of likely N-dealkylation sites (N-methyl/N-ethyl adjacent to an activating group) is 1. The van der Waals surface area contributed by atoms with Crippen LogP contribution in [0.15, 0.2) is 60.8 Å². The number of ether oxygens (including phenoxy) is 3. The van der Waals surface area contributed by atoms with E-state index in [1.807, 2.05) is 21.1 Å². The minimum Gasteiger partial charge on any atom is -0.477 e. The van der Waals surface area contributed by atoms with Gasteiger partial charge in [0.05, 0.1) is 34.4 Å². The Morgan fingerprint density at radius 3 is 1.48 bits per heavy atom. The highest BCUT2D eigenvalue weighted by Gasteiger charge is 2.31. The van der Waals surface area contributed by atoms with Crippen molar-refractivity contribution in [2.24, 2.45) is 0 Å². The maximum Gasteiger partial charge on any atom is 0.362 e. The molecule has 0 saturated carbocycles. The number of carboxylic acid groups (broad SMARTS) is 1. The number of rotatable bonds is 44. The van der Waals surface area contributed by atoms with E-state index in [2.05, 4.69) is 74.6 Å². The molecule has 0 radical (unpaired) electrons. The second-order valence-corrected chi connectivity index (χ2v) is 17.7. The molecule has 0 aromatic carbocycles. The average Bonchev–Trinajstić information content (AvgIpc) is 3.22. The van der Waals surface area contributed by atoms with E-state index in [1.165, 1.54) is 109 Å². The molecule has 0 bridgehead atoms. The summed E-state index contributed by atoms with van der Waals surface area (Å²) in [5, 5.41) is 9.64. The number of allylic oxidation sites excluding steroid dienone is 10. The van der Waals surface area contributed by atoms with Crippen molar-refractivity contribution in [1.82, 2.24) is 0 Å². The molecule has 8 nitrogen and oxygen atoms in total. The summed E-state index contributed by atoms with van der Waals surface area (Å²) in [5.41, 5.74) is 0. The van der Waals surface area contributed by atoms with Gasteiger partial charge in [-0.15, -0.1) is 0 Å². The van der Waals surface area contributed by atoms with Crippen LogP contribution >= 0.6 is 0 Å². The number of hydrogen-bond donors (Lipinski definition) is 1. The second-order valence-electron chi connectivity index (χ2n) is 17.7. The number of esters is 2. The van der Waals surface area contributed by atoms with Crippen LogP contribution in [0.2, 0.25) is 0 Å². The maximum absolute atomic E-state index is 12.8. The number of quaternary nitrogens is 1. The fourth-order valence-corrected chi connectivity index (χ4v) is 7.12. The third-order valence-corrected chi connectivity index (χ3v) is 11.0. The highest BCUT2D eigenvalue weighted by molar-refractivity contribution is 5.72. The summed E-state index contributed by atoms with van der Waals surface area (Å²) in [4.78, 5) is 37.1. The van der Waals surface area contributed by atoms with E-state index in [4.69, 9.17) is 14.2 Å². The Labute approximate surface area is 375 Å². The molecule has 0 fully saturated rings. The van der Waals surface area contributed by atoms with E-state index in [0.717, 1.165) is 64.2 Å². The van der Waals surface area contributed by atoms with Gasteiger partial charge < -0.3 is 23.8 Å². The van der Waals surface area contributed by atoms with Gasteiger partial charge in [-0.1, -0.05) is 184 Å². The Hall–Kier alpha value is -2.97. The van der Waals surface area contributed by atoms with Gasteiger partial charge in [0.25, 0.3) is 0 Å². The Balaban J connectivity index is 4.28. The summed E-state index contributed by atoms with van der Waals surface area (Å²) < 4.78 is 17.3. The normalized spacial score (nSPS) is 13.4. The predicted octanol–water partition coefficient (Wildman–Crippen LogP) is 14.1. The van der Waals surface area contributed by atoms with Crippen LogP contribution in [0.3, 0.4) is 0 Å². The molecular formula is C53H94NO7+. The molecule has 0 heterocycles. The van der Waals surface area contributed by atoms with E-state index in [0.29, 0.717) is 19.3 Å². The molecule has 8 heteroatoms. The average molecular weight is 857 g/mol. The third kappa shape index (κ3) is 42.1. The first kappa shape index (κ1) is 58.0. The van der Waals surface area contributed by atoms with Crippen molar-refractivity contribution in [3.05, 3.63) is 60.8 Å². The molecule has 61 heavy (non-hydrogen) atoms. The van der Waals surface area contributed by atoms with Crippen LogP contribution in [0.5, 0.6) is 0 Å². The van der Waals surface area contributed by atoms with E-state index in [-0.39, 0.29) is 36.2 Å². The van der Waals surface area contributed by atoms with Gasteiger partial charge in [0.2, 0.25) is 0 Å². The fourth-order valence-electron chi connectivity index (χ4n) is 7.12. The summed E-state index contributed by atoms with van der Waals surface area (Å²) in [6.07, 6.45) is 54.1. The van der Waals surface area contributed by atoms with Crippen LogP contribution in [-0.2, 0) is 28.6 Å². The van der Waals surface area contributed by atoms with Gasteiger partial charge >= 0.3 is 17.9 Å². The largest absolute Gasteiger partial charge is 0.477 e. The number of carbonyl (C=O) groups excluding carboxylic acids is 2. The summed E-state index contributed by atoms with van der Waals surface area (Å²) in [7, 11) is 5.52. The lowest BCUT2D eigenvalue weighted by Gasteiger charge is -2.31. The zero-order valence-electron chi connectivity index (χ0n) is 40.1. The van der Waals surface area contributed by atoms with Gasteiger partial charge in [-0.25, -0.2) is 4.79 Å². The van der Waals surface area contributed by atoms with Crippen molar-refractivity contribution in [3.8, 4) is 0 Å². The number of carboxylic acids is 1. The fraction of sp³-hybridized carbons (Fsp3) is 0.755. The van der Waals surface area contributed by atoms with E-state index in [9.17, 15) is 19.5 Å². The van der Waals surface area contributed by atoms with E-state index in [1.54, 1.807) is 0 Å². The van der Waals surface area contributed by atoms with Crippen LogP contribution < -0.4 is 0 Å². The Morgan fingerprint density at radius 2 is 0.984 bits per heavy atom. The van der Waals surface area contributed by atoms with Gasteiger partial charge in [0.15, 0.2) is 12.1 Å². The second kappa shape index (κ2) is 43.7. The van der Waals surface area contributed by atoms with Gasteiger partial charge in [-0.3, -0.25) is 9.59 Å². The molecule has 0 aliphatic rings. The Bertz CT molecular complexity index is 1180. The highest BCUT2D eigenvalue weighted by Crippen LogP contribution is 2.15. The molecule has 0 aliphatic heterocycles. The van der Waals surface area contributed by atoms with Crippen LogP contribution in [0, 0.1) is 0 Å². The van der Waals surface area contributed by atoms with E-state index < -0.39 is 18.1 Å². The zero-order chi connectivity index (χ0) is 44.9. The number of hydrogen-bond acceptors (Lipinski definition) is 6. The van der Waals surface area contributed by atoms with Crippen molar-refractivity contribution < 1.29 is 38.2 Å². The maximum atomic E-state index is 12.8. The molecule has 352 valence electrons. The lowest BCUT2D eigenvalue weighted by atomic mass is 10.1. The summed E-state index contributed by atoms with van der Waals surface area (Å²) in [6, 6.07) is -0.620. The quantitative estimate of drug-likeness (QED) is 0.0214. The van der Waals surface area contributed by atoms with Gasteiger partial charge in [0.1, 0.15) is 6.61 Å². The predicted molar refractivity (Wildman–Crippen MR) is 257 cm³/mol. The van der Waals surface area contributed by atoms with Crippen LogP contribution in [0.25, 0.3) is 0 Å². The van der Waals surface area contributed by atoms with E-state index >= 15 is 0 Å². The first-order chi connectivity index (χ1) is 29.6. The van der Waals surface area contributed by atoms with Crippen LogP contribution in [0.1, 0.15) is 206 Å². The van der Waals surface area contributed by atoms with Gasteiger partial charge in [0, 0.05) is 19.3 Å². The van der Waals surface area contributed by atoms with Crippen molar-refractivity contribution in [3.63, 3.8) is 0 Å².